The summed E-state index contributed by atoms with van der Waals surface area (Å²) in [5, 5.41) is 10.0. The van der Waals surface area contributed by atoms with E-state index >= 15 is 0 Å². The molecule has 6 nitrogen and oxygen atoms in total. The fraction of sp³-hybridized carbons (Fsp3) is 0.312. The molecular weight excluding hydrogens is 437 g/mol. The van der Waals surface area contributed by atoms with Crippen molar-refractivity contribution in [1.82, 2.24) is 4.90 Å². The predicted molar refractivity (Wildman–Crippen MR) is 95.7 cm³/mol. The van der Waals surface area contributed by atoms with E-state index in [0.717, 1.165) is 0 Å². The Balaban J connectivity index is 2.83. The van der Waals surface area contributed by atoms with Crippen LogP contribution in [0.3, 0.4) is 0 Å². The molecule has 1 aliphatic heterocycles. The van der Waals surface area contributed by atoms with Gasteiger partial charge in [0.05, 0.1) is 28.1 Å². The van der Waals surface area contributed by atoms with E-state index in [1.54, 1.807) is 6.92 Å². The lowest BCUT2D eigenvalue weighted by atomic mass is 9.80. The molecule has 1 aliphatic rings. The van der Waals surface area contributed by atoms with E-state index in [4.69, 9.17) is 27.9 Å². The number of esters is 1. The van der Waals surface area contributed by atoms with Crippen LogP contribution in [0.1, 0.15) is 18.9 Å². The average Bonchev–Trinajstić information content (AvgIpc) is 2.57. The van der Waals surface area contributed by atoms with E-state index in [0.29, 0.717) is 5.56 Å². The van der Waals surface area contributed by atoms with Gasteiger partial charge in [0.2, 0.25) is 0 Å². The number of nitrogens with zero attached hydrogens (tertiary/aromatic N) is 1. The number of carboxylic acid groups (broad SMARTS) is 1. The van der Waals surface area contributed by atoms with Gasteiger partial charge in [0.15, 0.2) is 11.3 Å². The Morgan fingerprint density at radius 2 is 2.00 bits per heavy atom. The summed E-state index contributed by atoms with van der Waals surface area (Å²) >= 11 is 15.0. The maximum atomic E-state index is 12.8. The highest BCUT2D eigenvalue weighted by atomic mass is 79.9. The molecule has 0 saturated heterocycles. The summed E-state index contributed by atoms with van der Waals surface area (Å²) in [6.07, 6.45) is -0.303. The van der Waals surface area contributed by atoms with Crippen LogP contribution >= 0.6 is 39.1 Å². The zero-order valence-corrected chi connectivity index (χ0v) is 16.4. The first-order chi connectivity index (χ1) is 11.7. The van der Waals surface area contributed by atoms with Crippen LogP contribution in [0.25, 0.3) is 0 Å². The largest absolute Gasteiger partial charge is 0.477 e. The van der Waals surface area contributed by atoms with E-state index in [1.165, 1.54) is 30.2 Å². The minimum Gasteiger partial charge on any atom is -0.477 e. The molecule has 0 radical (unpaired) electrons. The number of halogens is 3. The third kappa shape index (κ3) is 3.16. The van der Waals surface area contributed by atoms with Crippen molar-refractivity contribution in [2.45, 2.75) is 18.9 Å². The second-order valence-corrected chi connectivity index (χ2v) is 6.90. The molecule has 1 aromatic carbocycles. The minimum absolute atomic E-state index is 0.0959. The number of carboxylic acids is 1. The summed E-state index contributed by atoms with van der Waals surface area (Å²) in [5.41, 5.74) is -1.64. The summed E-state index contributed by atoms with van der Waals surface area (Å²) in [6.45, 7) is 1.81. The van der Waals surface area contributed by atoms with Crippen LogP contribution in [0.4, 0.5) is 0 Å². The molecule has 0 aromatic heterocycles. The lowest BCUT2D eigenvalue weighted by Crippen LogP contribution is -2.57. The second-order valence-electron chi connectivity index (χ2n) is 5.29. The number of rotatable bonds is 4. The van der Waals surface area contributed by atoms with Crippen LogP contribution in [-0.2, 0) is 24.7 Å². The zero-order chi connectivity index (χ0) is 18.9. The van der Waals surface area contributed by atoms with Gasteiger partial charge in [0.1, 0.15) is 5.70 Å². The Hall–Kier alpha value is -1.57. The Morgan fingerprint density at radius 1 is 1.36 bits per heavy atom. The van der Waals surface area contributed by atoms with Crippen molar-refractivity contribution in [2.75, 3.05) is 13.7 Å². The topological polar surface area (TPSA) is 83.9 Å². The van der Waals surface area contributed by atoms with Crippen LogP contribution in [0.5, 0.6) is 0 Å². The monoisotopic (exact) mass is 449 g/mol. The molecule has 0 bridgehead atoms. The quantitative estimate of drug-likeness (QED) is 0.708. The molecule has 2 rings (SSSR count). The first kappa shape index (κ1) is 19.8. The summed E-state index contributed by atoms with van der Waals surface area (Å²) in [5.74, 6) is -2.63. The van der Waals surface area contributed by atoms with E-state index < -0.39 is 23.3 Å². The van der Waals surface area contributed by atoms with Crippen molar-refractivity contribution in [2.24, 2.45) is 0 Å². The molecule has 25 heavy (non-hydrogen) atoms. The highest BCUT2D eigenvalue weighted by Gasteiger charge is 2.54. The summed E-state index contributed by atoms with van der Waals surface area (Å²) in [4.78, 5) is 38.3. The molecule has 0 saturated carbocycles. The molecule has 0 aliphatic carbocycles. The maximum Gasteiger partial charge on any atom is 0.353 e. The van der Waals surface area contributed by atoms with Gasteiger partial charge in [-0.2, -0.15) is 0 Å². The highest BCUT2D eigenvalue weighted by Crippen LogP contribution is 2.44. The third-order valence-electron chi connectivity index (χ3n) is 4.04. The Bertz CT molecular complexity index is 795. The number of carbonyl (C=O) groups is 3. The number of likely N-dealkylation sites (N-methyl/N-ethyl adjacent to an activating group) is 1. The Kier molecular flexibility index (Phi) is 5.81. The van der Waals surface area contributed by atoms with Gasteiger partial charge in [0.25, 0.3) is 0 Å². The molecule has 0 amide bonds. The molecule has 0 fully saturated rings. The maximum absolute atomic E-state index is 12.8. The van der Waals surface area contributed by atoms with Gasteiger partial charge in [-0.3, -0.25) is 4.79 Å². The lowest BCUT2D eigenvalue weighted by molar-refractivity contribution is -0.159. The van der Waals surface area contributed by atoms with E-state index in [-0.39, 0.29) is 33.2 Å². The van der Waals surface area contributed by atoms with E-state index in [2.05, 4.69) is 15.9 Å². The number of hydrogen-bond donors (Lipinski definition) is 1. The van der Waals surface area contributed by atoms with Crippen LogP contribution < -0.4 is 0 Å². The van der Waals surface area contributed by atoms with Gasteiger partial charge in [-0.25, -0.2) is 9.59 Å². The number of ketones is 1. The van der Waals surface area contributed by atoms with Crippen molar-refractivity contribution in [3.05, 3.63) is 44.0 Å². The van der Waals surface area contributed by atoms with E-state index in [1.807, 2.05) is 0 Å². The number of aliphatic carboxylic acids is 1. The van der Waals surface area contributed by atoms with Crippen molar-refractivity contribution in [3.63, 3.8) is 0 Å². The van der Waals surface area contributed by atoms with Gasteiger partial charge in [0, 0.05) is 6.54 Å². The zero-order valence-electron chi connectivity index (χ0n) is 13.3. The normalized spacial score (nSPS) is 20.7. The van der Waals surface area contributed by atoms with Gasteiger partial charge < -0.3 is 14.7 Å². The number of methoxy groups -OCH3 is 1. The molecular formula is C16H14BrCl2NO5. The van der Waals surface area contributed by atoms with Gasteiger partial charge in [-0.15, -0.1) is 0 Å². The Labute approximate surface area is 162 Å². The molecule has 1 N–H and O–H groups in total. The summed E-state index contributed by atoms with van der Waals surface area (Å²) < 4.78 is 4.83. The van der Waals surface area contributed by atoms with Crippen molar-refractivity contribution in [1.29, 1.82) is 0 Å². The standard InChI is InChI=1S/C16H14BrCl2NO5/c1-3-20-13(14(22)23)12(17)11(21)7-16(20,15(24)25-2)8-4-5-9(18)10(19)6-8/h4-6H,3,7H2,1-2H3,(H,22,23). The minimum atomic E-state index is -1.65. The molecule has 9 heteroatoms. The molecule has 1 atom stereocenters. The van der Waals surface area contributed by atoms with Crippen LogP contribution in [0.15, 0.2) is 28.4 Å². The molecule has 1 unspecified atom stereocenters. The number of Topliss-reactive ketones (excluding diaryl/α,β-unsaturated/α-hetero) is 1. The lowest BCUT2D eigenvalue weighted by Gasteiger charge is -2.45. The SMILES string of the molecule is CCN1C(C(=O)O)=C(Br)C(=O)CC1(C(=O)OC)c1ccc(Cl)c(Cl)c1. The Morgan fingerprint density at radius 3 is 2.48 bits per heavy atom. The number of hydrogen-bond acceptors (Lipinski definition) is 5. The van der Waals surface area contributed by atoms with Crippen molar-refractivity contribution >= 4 is 56.9 Å². The number of benzene rings is 1. The van der Waals surface area contributed by atoms with Crippen LogP contribution in [0.2, 0.25) is 10.0 Å². The van der Waals surface area contributed by atoms with E-state index in [9.17, 15) is 19.5 Å². The van der Waals surface area contributed by atoms with Crippen LogP contribution in [-0.4, -0.2) is 41.4 Å². The molecule has 0 spiro atoms. The second kappa shape index (κ2) is 7.35. The highest BCUT2D eigenvalue weighted by molar-refractivity contribution is 9.12. The summed E-state index contributed by atoms with van der Waals surface area (Å²) in [7, 11) is 1.17. The summed E-state index contributed by atoms with van der Waals surface area (Å²) in [6, 6.07) is 4.45. The fourth-order valence-electron chi connectivity index (χ4n) is 2.96. The number of ether oxygens (including phenoxy) is 1. The van der Waals surface area contributed by atoms with Crippen molar-refractivity contribution < 1.29 is 24.2 Å². The molecule has 1 aromatic rings. The first-order valence-electron chi connectivity index (χ1n) is 7.18. The predicted octanol–water partition coefficient (Wildman–Crippen LogP) is 3.35. The number of carbonyl (C=O) groups excluding carboxylic acids is 2. The first-order valence-corrected chi connectivity index (χ1v) is 8.73. The third-order valence-corrected chi connectivity index (χ3v) is 5.60. The average molecular weight is 451 g/mol. The molecule has 1 heterocycles. The van der Waals surface area contributed by atoms with Gasteiger partial charge >= 0.3 is 11.9 Å². The van der Waals surface area contributed by atoms with Gasteiger partial charge in [-0.05, 0) is 40.5 Å². The van der Waals surface area contributed by atoms with Crippen molar-refractivity contribution in [3.8, 4) is 0 Å². The smallest absolute Gasteiger partial charge is 0.353 e. The van der Waals surface area contributed by atoms with Crippen LogP contribution in [0, 0.1) is 0 Å². The fourth-order valence-corrected chi connectivity index (χ4v) is 3.79. The van der Waals surface area contributed by atoms with Gasteiger partial charge in [-0.1, -0.05) is 29.3 Å². The molecule has 134 valence electrons. The number of allylic oxidation sites excluding steroid dienone is 1.